The van der Waals surface area contributed by atoms with Gasteiger partial charge in [-0.25, -0.2) is 0 Å². The molecule has 1 atom stereocenters. The normalized spacial score (nSPS) is 17.2. The Morgan fingerprint density at radius 2 is 1.94 bits per heavy atom. The molecule has 2 aromatic carbocycles. The van der Waals surface area contributed by atoms with E-state index < -0.39 is 11.2 Å². The van der Waals surface area contributed by atoms with Crippen LogP contribution in [0, 0.1) is 6.92 Å². The van der Waals surface area contributed by atoms with Gasteiger partial charge < -0.3 is 4.55 Å². The highest BCUT2D eigenvalue weighted by Crippen LogP contribution is 2.40. The third-order valence-electron chi connectivity index (χ3n) is 3.18. The number of halogens is 2. The van der Waals surface area contributed by atoms with E-state index in [2.05, 4.69) is 0 Å². The fraction of sp³-hybridized carbons (Fsp3) is 0.143. The minimum absolute atomic E-state index is 0.665. The first-order chi connectivity index (χ1) is 8.58. The van der Waals surface area contributed by atoms with E-state index in [-0.39, 0.29) is 0 Å². The lowest BCUT2D eigenvalue weighted by molar-refractivity contribution is 0.590. The first kappa shape index (κ1) is 12.4. The summed E-state index contributed by atoms with van der Waals surface area (Å²) in [5.41, 5.74) is 2.99. The van der Waals surface area contributed by atoms with E-state index in [4.69, 9.17) is 23.2 Å². The summed E-state index contributed by atoms with van der Waals surface area (Å²) in [5, 5.41) is 1.34. The fourth-order valence-corrected chi connectivity index (χ4v) is 4.33. The molecule has 0 fully saturated rings. The second kappa shape index (κ2) is 4.46. The Balaban J connectivity index is 2.25. The fourth-order valence-electron chi connectivity index (χ4n) is 2.31. The molecule has 2 aromatic rings. The van der Waals surface area contributed by atoms with E-state index in [9.17, 15) is 4.55 Å². The minimum atomic E-state index is -1.16. The maximum absolute atomic E-state index is 12.6. The Hall–Kier alpha value is -0.670. The average molecular weight is 297 g/mol. The summed E-state index contributed by atoms with van der Waals surface area (Å²) in [6.45, 7) is 1.97. The number of benzene rings is 2. The Kier molecular flexibility index (Phi) is 3.07. The van der Waals surface area contributed by atoms with Gasteiger partial charge in [0.1, 0.15) is 0 Å². The van der Waals surface area contributed by atoms with E-state index in [0.29, 0.717) is 16.5 Å². The number of fused-ring (bicyclic) bond motifs is 2. The molecule has 0 spiro atoms. The monoisotopic (exact) mass is 296 g/mol. The van der Waals surface area contributed by atoms with Gasteiger partial charge in [0.25, 0.3) is 0 Å². The van der Waals surface area contributed by atoms with Crippen molar-refractivity contribution in [3.63, 3.8) is 0 Å². The molecule has 1 nitrogen and oxygen atoms in total. The highest BCUT2D eigenvalue weighted by molar-refractivity contribution is 7.91. The van der Waals surface area contributed by atoms with Gasteiger partial charge in [-0.3, -0.25) is 0 Å². The molecule has 0 saturated heterocycles. The van der Waals surface area contributed by atoms with E-state index in [1.165, 1.54) is 0 Å². The largest absolute Gasteiger partial charge is 0.606 e. The molecule has 1 aliphatic heterocycles. The second-order valence-corrected chi connectivity index (χ2v) is 6.60. The molecule has 4 heteroatoms. The summed E-state index contributed by atoms with van der Waals surface area (Å²) in [6, 6.07) is 9.28. The molecular weight excluding hydrogens is 287 g/mol. The van der Waals surface area contributed by atoms with Crippen LogP contribution in [-0.2, 0) is 17.6 Å². The molecule has 0 aliphatic carbocycles. The molecule has 1 aliphatic rings. The van der Waals surface area contributed by atoms with Crippen molar-refractivity contribution in [3.05, 3.63) is 57.1 Å². The summed E-state index contributed by atoms with van der Waals surface area (Å²) >= 11 is 11.0. The zero-order chi connectivity index (χ0) is 12.9. The van der Waals surface area contributed by atoms with Crippen molar-refractivity contribution in [1.29, 1.82) is 0 Å². The first-order valence-electron chi connectivity index (χ1n) is 5.56. The number of hydrogen-bond acceptors (Lipinski definition) is 1. The van der Waals surface area contributed by atoms with Crippen molar-refractivity contribution >= 4 is 34.4 Å². The summed E-state index contributed by atoms with van der Waals surface area (Å²) < 4.78 is 12.6. The number of aryl methyl sites for hydroxylation is 1. The molecule has 0 radical (unpaired) electrons. The lowest BCUT2D eigenvalue weighted by Crippen LogP contribution is -2.16. The Labute approximate surface area is 119 Å². The van der Waals surface area contributed by atoms with Gasteiger partial charge in [-0.2, -0.15) is 0 Å². The van der Waals surface area contributed by atoms with Crippen LogP contribution in [0.3, 0.4) is 0 Å². The summed E-state index contributed by atoms with van der Waals surface area (Å²) in [5.74, 6) is 0. The molecule has 0 amide bonds. The Morgan fingerprint density at radius 1 is 1.17 bits per heavy atom. The molecule has 3 rings (SSSR count). The highest BCUT2D eigenvalue weighted by atomic mass is 35.5. The van der Waals surface area contributed by atoms with Crippen molar-refractivity contribution < 1.29 is 4.55 Å². The minimum Gasteiger partial charge on any atom is -0.606 e. The molecule has 0 bridgehead atoms. The summed E-state index contributed by atoms with van der Waals surface area (Å²) in [7, 11) is 0. The molecule has 1 heterocycles. The van der Waals surface area contributed by atoms with Gasteiger partial charge in [0.2, 0.25) is 0 Å². The molecule has 0 aromatic heterocycles. The van der Waals surface area contributed by atoms with Crippen molar-refractivity contribution in [2.45, 2.75) is 23.1 Å². The van der Waals surface area contributed by atoms with Crippen molar-refractivity contribution in [3.8, 4) is 0 Å². The Morgan fingerprint density at radius 3 is 2.72 bits per heavy atom. The van der Waals surface area contributed by atoms with Crippen LogP contribution >= 0.6 is 23.2 Å². The van der Waals surface area contributed by atoms with Gasteiger partial charge >= 0.3 is 0 Å². The standard InChI is InChI=1S/C14H10Cl2OS/c1-8-2-4-12(16)11-7-9-6-10(15)3-5-13(9)18(17)14(8)11/h2-6H,7H2,1H3. The van der Waals surface area contributed by atoms with Crippen LogP contribution in [0.2, 0.25) is 10.0 Å². The maximum atomic E-state index is 12.6. The molecular formula is C14H10Cl2OS. The molecule has 0 N–H and O–H groups in total. The SMILES string of the molecule is Cc1ccc(Cl)c2c1[S+]([O-])c1ccc(Cl)cc1C2. The number of hydrogen-bond donors (Lipinski definition) is 0. The van der Waals surface area contributed by atoms with E-state index in [1.54, 1.807) is 6.07 Å². The topological polar surface area (TPSA) is 23.1 Å². The smallest absolute Gasteiger partial charge is 0.166 e. The van der Waals surface area contributed by atoms with Gasteiger partial charge in [-0.05, 0) is 31.2 Å². The van der Waals surface area contributed by atoms with Crippen LogP contribution in [-0.4, -0.2) is 4.55 Å². The van der Waals surface area contributed by atoms with Gasteiger partial charge in [-0.15, -0.1) is 0 Å². The summed E-state index contributed by atoms with van der Waals surface area (Å²) in [4.78, 5) is 1.70. The van der Waals surface area contributed by atoms with Crippen molar-refractivity contribution in [2.24, 2.45) is 0 Å². The average Bonchev–Trinajstić information content (AvgIpc) is 2.33. The Bertz CT molecular complexity index is 640. The lowest BCUT2D eigenvalue weighted by atomic mass is 10.0. The van der Waals surface area contributed by atoms with Crippen LogP contribution in [0.5, 0.6) is 0 Å². The molecule has 1 unspecified atom stereocenters. The summed E-state index contributed by atoms with van der Waals surface area (Å²) in [6.07, 6.45) is 0.692. The molecule has 0 saturated carbocycles. The van der Waals surface area contributed by atoms with Gasteiger partial charge in [0, 0.05) is 44.3 Å². The molecule has 92 valence electrons. The van der Waals surface area contributed by atoms with Gasteiger partial charge in [-0.1, -0.05) is 29.3 Å². The number of rotatable bonds is 0. The van der Waals surface area contributed by atoms with E-state index in [1.807, 2.05) is 31.2 Å². The molecule has 18 heavy (non-hydrogen) atoms. The van der Waals surface area contributed by atoms with Crippen LogP contribution in [0.4, 0.5) is 0 Å². The zero-order valence-corrected chi connectivity index (χ0v) is 12.0. The van der Waals surface area contributed by atoms with Crippen molar-refractivity contribution in [1.82, 2.24) is 0 Å². The quantitative estimate of drug-likeness (QED) is 0.662. The van der Waals surface area contributed by atoms with Crippen LogP contribution in [0.1, 0.15) is 16.7 Å². The third-order valence-corrected chi connectivity index (χ3v) is 5.50. The predicted octanol–water partition coefficient (Wildman–Crippen LogP) is 4.37. The van der Waals surface area contributed by atoms with Gasteiger partial charge in [0.05, 0.1) is 0 Å². The van der Waals surface area contributed by atoms with E-state index >= 15 is 0 Å². The third kappa shape index (κ3) is 1.84. The zero-order valence-electron chi connectivity index (χ0n) is 9.67. The predicted molar refractivity (Wildman–Crippen MR) is 75.1 cm³/mol. The maximum Gasteiger partial charge on any atom is 0.166 e. The van der Waals surface area contributed by atoms with Crippen LogP contribution in [0.15, 0.2) is 40.1 Å². The second-order valence-electron chi connectivity index (χ2n) is 4.37. The lowest BCUT2D eigenvalue weighted by Gasteiger charge is -2.24. The van der Waals surface area contributed by atoms with Crippen molar-refractivity contribution in [2.75, 3.05) is 0 Å². The van der Waals surface area contributed by atoms with E-state index in [0.717, 1.165) is 26.5 Å². The highest BCUT2D eigenvalue weighted by Gasteiger charge is 2.31. The van der Waals surface area contributed by atoms with Crippen LogP contribution in [0.25, 0.3) is 0 Å². The van der Waals surface area contributed by atoms with Crippen LogP contribution < -0.4 is 0 Å². The van der Waals surface area contributed by atoms with Gasteiger partial charge in [0.15, 0.2) is 9.79 Å². The first-order valence-corrected chi connectivity index (χ1v) is 7.46.